The minimum atomic E-state index is -4.96. The zero-order valence-electron chi connectivity index (χ0n) is 60.2. The summed E-state index contributed by atoms with van der Waals surface area (Å²) < 4.78 is 68.4. The summed E-state index contributed by atoms with van der Waals surface area (Å²) in [5, 5.41) is 10.6. The highest BCUT2D eigenvalue weighted by atomic mass is 31.2. The van der Waals surface area contributed by atoms with Crippen molar-refractivity contribution in [2.24, 2.45) is 23.7 Å². The number of esters is 4. The summed E-state index contributed by atoms with van der Waals surface area (Å²) in [5.74, 6) is 0.944. The fourth-order valence-corrected chi connectivity index (χ4v) is 12.5. The van der Waals surface area contributed by atoms with Crippen molar-refractivity contribution in [3.63, 3.8) is 0 Å². The molecule has 17 nitrogen and oxygen atoms in total. The molecule has 0 aromatic rings. The number of aliphatic hydroxyl groups excluding tert-OH is 1. The van der Waals surface area contributed by atoms with Crippen LogP contribution in [0.3, 0.4) is 0 Å². The molecule has 0 rings (SSSR count). The number of carbonyl (C=O) groups excluding carboxylic acids is 4. The van der Waals surface area contributed by atoms with E-state index in [0.29, 0.717) is 25.7 Å². The number of rotatable bonds is 70. The molecule has 0 fully saturated rings. The van der Waals surface area contributed by atoms with Gasteiger partial charge in [-0.25, -0.2) is 9.13 Å². The summed E-state index contributed by atoms with van der Waals surface area (Å²) in [6.45, 7) is 14.2. The van der Waals surface area contributed by atoms with E-state index in [1.54, 1.807) is 0 Å². The topological polar surface area (TPSA) is 237 Å². The Morgan fingerprint density at radius 3 is 0.772 bits per heavy atom. The highest BCUT2D eigenvalue weighted by Gasteiger charge is 2.30. The van der Waals surface area contributed by atoms with Crippen LogP contribution in [0.1, 0.15) is 364 Å². The summed E-state index contributed by atoms with van der Waals surface area (Å²) >= 11 is 0. The third-order valence-electron chi connectivity index (χ3n) is 17.5. The first-order valence-electron chi connectivity index (χ1n) is 37.8. The normalized spacial score (nSPS) is 14.8. The van der Waals surface area contributed by atoms with Gasteiger partial charge in [-0.05, 0) is 49.4 Å². The molecule has 19 heteroatoms. The molecule has 0 aromatic carbocycles. The second-order valence-corrected chi connectivity index (χ2v) is 30.7. The van der Waals surface area contributed by atoms with E-state index in [1.807, 2.05) is 0 Å². The van der Waals surface area contributed by atoms with Gasteiger partial charge in [0.05, 0.1) is 26.4 Å². The fourth-order valence-electron chi connectivity index (χ4n) is 11.0. The van der Waals surface area contributed by atoms with Crippen molar-refractivity contribution in [2.45, 2.75) is 382 Å². The Morgan fingerprint density at radius 1 is 0.304 bits per heavy atom. The van der Waals surface area contributed by atoms with Crippen LogP contribution in [-0.4, -0.2) is 96.7 Å². The van der Waals surface area contributed by atoms with E-state index >= 15 is 0 Å². The van der Waals surface area contributed by atoms with Gasteiger partial charge in [0.1, 0.15) is 19.3 Å². The van der Waals surface area contributed by atoms with Gasteiger partial charge in [-0.15, -0.1) is 0 Å². The molecule has 0 aliphatic heterocycles. The molecular formula is C73H142O17P2. The molecule has 0 amide bonds. The second-order valence-electron chi connectivity index (χ2n) is 27.8. The lowest BCUT2D eigenvalue weighted by molar-refractivity contribution is -0.161. The van der Waals surface area contributed by atoms with Crippen LogP contribution < -0.4 is 0 Å². The summed E-state index contributed by atoms with van der Waals surface area (Å²) in [7, 11) is -9.91. The molecule has 0 aliphatic carbocycles. The minimum absolute atomic E-state index is 0.105. The van der Waals surface area contributed by atoms with Gasteiger partial charge < -0.3 is 33.8 Å². The first kappa shape index (κ1) is 90.1. The molecule has 0 saturated heterocycles. The average molecular weight is 1350 g/mol. The van der Waals surface area contributed by atoms with E-state index < -0.39 is 97.5 Å². The lowest BCUT2D eigenvalue weighted by atomic mass is 9.99. The molecule has 0 saturated carbocycles. The van der Waals surface area contributed by atoms with Crippen LogP contribution >= 0.6 is 15.6 Å². The van der Waals surface area contributed by atoms with Crippen LogP contribution in [0, 0.1) is 23.7 Å². The zero-order chi connectivity index (χ0) is 68.2. The van der Waals surface area contributed by atoms with E-state index in [2.05, 4.69) is 55.4 Å². The molecule has 0 spiro atoms. The van der Waals surface area contributed by atoms with E-state index in [-0.39, 0.29) is 25.7 Å². The van der Waals surface area contributed by atoms with Crippen LogP contribution in [0.4, 0.5) is 0 Å². The lowest BCUT2D eigenvalue weighted by Gasteiger charge is -2.21. The summed E-state index contributed by atoms with van der Waals surface area (Å²) in [6.07, 6.45) is 45.7. The van der Waals surface area contributed by atoms with Gasteiger partial charge in [0.15, 0.2) is 12.2 Å². The Kier molecular flexibility index (Phi) is 61.3. The average Bonchev–Trinajstić information content (AvgIpc) is 2.10. The van der Waals surface area contributed by atoms with Crippen LogP contribution in [0.25, 0.3) is 0 Å². The number of hydrogen-bond acceptors (Lipinski definition) is 15. The van der Waals surface area contributed by atoms with Gasteiger partial charge in [0, 0.05) is 25.7 Å². The van der Waals surface area contributed by atoms with Crippen molar-refractivity contribution >= 4 is 39.5 Å². The highest BCUT2D eigenvalue weighted by molar-refractivity contribution is 7.47. The second kappa shape index (κ2) is 62.6. The molecule has 0 radical (unpaired) electrons. The summed E-state index contributed by atoms with van der Waals surface area (Å²) in [6, 6.07) is 0. The quantitative estimate of drug-likeness (QED) is 0.0222. The van der Waals surface area contributed by atoms with Crippen LogP contribution in [-0.2, 0) is 65.4 Å². The fraction of sp³-hybridized carbons (Fsp3) is 0.945. The van der Waals surface area contributed by atoms with Crippen LogP contribution in [0.15, 0.2) is 0 Å². The predicted octanol–water partition coefficient (Wildman–Crippen LogP) is 20.9. The van der Waals surface area contributed by atoms with Crippen molar-refractivity contribution in [1.29, 1.82) is 0 Å². The molecule has 0 aliphatic rings. The molecule has 0 heterocycles. The van der Waals surface area contributed by atoms with Crippen LogP contribution in [0.2, 0.25) is 0 Å². The number of carbonyl (C=O) groups is 4. The van der Waals surface area contributed by atoms with Crippen molar-refractivity contribution in [3.05, 3.63) is 0 Å². The molecule has 0 bridgehead atoms. The Morgan fingerprint density at radius 2 is 0.522 bits per heavy atom. The number of ether oxygens (including phenoxy) is 4. The molecular weight excluding hydrogens is 1210 g/mol. The van der Waals surface area contributed by atoms with Gasteiger partial charge in [0.2, 0.25) is 0 Å². The standard InChI is InChI=1S/C73H142O17P2/c1-9-65(7)51-43-35-27-21-16-18-22-28-37-45-53-70(75)83-59-68(89-73(78)56-48-40-30-24-17-15-20-26-34-42-50-64(5)6)61-87-91(79,80)85-57-67(74)58-86-92(81,82)88-62-69(60-84-71(76)54-46-38-32-31-36-44-52-66(8)10-2)90-72(77)55-47-39-29-23-14-12-11-13-19-25-33-41-49-63(3)4/h63-69,74H,9-62H2,1-8H3,(H,79,80)(H,81,82)/t65?,66?,67-,68-,69-/m1/s1. The maximum Gasteiger partial charge on any atom is 0.472 e. The predicted molar refractivity (Wildman–Crippen MR) is 372 cm³/mol. The molecule has 7 atom stereocenters. The van der Waals surface area contributed by atoms with Gasteiger partial charge in [-0.3, -0.25) is 37.3 Å². The third-order valence-corrected chi connectivity index (χ3v) is 19.4. The Bertz CT molecular complexity index is 1820. The maximum atomic E-state index is 13.0. The van der Waals surface area contributed by atoms with E-state index in [1.165, 1.54) is 161 Å². The molecule has 3 N–H and O–H groups in total. The Labute approximate surface area is 562 Å². The van der Waals surface area contributed by atoms with Crippen molar-refractivity contribution in [3.8, 4) is 0 Å². The number of hydrogen-bond donors (Lipinski definition) is 3. The summed E-state index contributed by atoms with van der Waals surface area (Å²) in [4.78, 5) is 72.7. The number of unbranched alkanes of at least 4 members (excludes halogenated alkanes) is 34. The van der Waals surface area contributed by atoms with Gasteiger partial charge >= 0.3 is 39.5 Å². The van der Waals surface area contributed by atoms with E-state index in [0.717, 1.165) is 120 Å². The zero-order valence-corrected chi connectivity index (χ0v) is 62.0. The monoisotopic (exact) mass is 1350 g/mol. The molecule has 4 unspecified atom stereocenters. The van der Waals surface area contributed by atoms with Crippen molar-refractivity contribution in [1.82, 2.24) is 0 Å². The Balaban J connectivity index is 5.27. The van der Waals surface area contributed by atoms with Crippen molar-refractivity contribution in [2.75, 3.05) is 39.6 Å². The SMILES string of the molecule is CCC(C)CCCCCCCCCCCCC(=O)OC[C@H](COP(=O)(O)OC[C@@H](O)COP(=O)(O)OC[C@@H](COC(=O)CCCCCCCCC(C)CC)OC(=O)CCCCCCCCCCCCCCC(C)C)OC(=O)CCCCCCCCCCCCC(C)C. The maximum absolute atomic E-state index is 13.0. The molecule has 0 aromatic heterocycles. The first-order valence-corrected chi connectivity index (χ1v) is 40.8. The smallest absolute Gasteiger partial charge is 0.462 e. The Hall–Kier alpha value is -1.94. The lowest BCUT2D eigenvalue weighted by Crippen LogP contribution is -2.30. The number of aliphatic hydroxyl groups is 1. The van der Waals surface area contributed by atoms with Gasteiger partial charge in [-0.1, -0.05) is 312 Å². The molecule has 546 valence electrons. The molecule has 92 heavy (non-hydrogen) atoms. The van der Waals surface area contributed by atoms with E-state index in [9.17, 15) is 43.2 Å². The van der Waals surface area contributed by atoms with Gasteiger partial charge in [-0.2, -0.15) is 0 Å². The largest absolute Gasteiger partial charge is 0.472 e. The van der Waals surface area contributed by atoms with Crippen LogP contribution in [0.5, 0.6) is 0 Å². The number of phosphoric acid groups is 2. The van der Waals surface area contributed by atoms with Crippen molar-refractivity contribution < 1.29 is 80.2 Å². The third kappa shape index (κ3) is 64.1. The summed E-state index contributed by atoms with van der Waals surface area (Å²) in [5.41, 5.74) is 0. The van der Waals surface area contributed by atoms with Gasteiger partial charge in [0.25, 0.3) is 0 Å². The minimum Gasteiger partial charge on any atom is -0.462 e. The highest BCUT2D eigenvalue weighted by Crippen LogP contribution is 2.45. The number of phosphoric ester groups is 2. The van der Waals surface area contributed by atoms with E-state index in [4.69, 9.17) is 37.0 Å². The first-order chi connectivity index (χ1) is 44.2.